The van der Waals surface area contributed by atoms with Crippen LogP contribution in [-0.2, 0) is 16.6 Å². The van der Waals surface area contributed by atoms with E-state index in [-0.39, 0.29) is 10.8 Å². The molecular formula is C26H27N3O4S. The van der Waals surface area contributed by atoms with Gasteiger partial charge in [0.2, 0.25) is 0 Å². The fraction of sp³-hybridized carbons (Fsp3) is 0.231. The van der Waals surface area contributed by atoms with E-state index in [0.29, 0.717) is 42.3 Å². The molecule has 0 radical (unpaired) electrons. The van der Waals surface area contributed by atoms with Gasteiger partial charge in [0.05, 0.1) is 23.1 Å². The van der Waals surface area contributed by atoms with E-state index in [2.05, 4.69) is 10.8 Å². The molecular weight excluding hydrogens is 450 g/mol. The molecule has 0 saturated carbocycles. The average molecular weight is 478 g/mol. The first-order valence-electron chi connectivity index (χ1n) is 11.0. The molecule has 0 bridgehead atoms. The minimum atomic E-state index is -3.77. The summed E-state index contributed by atoms with van der Waals surface area (Å²) in [5.41, 5.74) is 2.33. The Kier molecular flexibility index (Phi) is 8.28. The van der Waals surface area contributed by atoms with Crippen molar-refractivity contribution >= 4 is 21.6 Å². The summed E-state index contributed by atoms with van der Waals surface area (Å²) in [5, 5.41) is 8.96. The molecule has 7 nitrogen and oxygen atoms in total. The smallest absolute Gasteiger partial charge is 0.261 e. The maximum absolute atomic E-state index is 13.1. The highest BCUT2D eigenvalue weighted by molar-refractivity contribution is 7.92. The Morgan fingerprint density at radius 3 is 2.18 bits per heavy atom. The number of nitrogens with zero attached hydrogens (tertiary/aromatic N) is 2. The number of hydrogen-bond acceptors (Lipinski definition) is 5. The number of carbonyl (C=O) groups excluding carboxylic acids is 1. The molecule has 34 heavy (non-hydrogen) atoms. The molecule has 0 unspecified atom stereocenters. The Hall–Kier alpha value is -3.83. The lowest BCUT2D eigenvalue weighted by Crippen LogP contribution is -2.31. The quantitative estimate of drug-likeness (QED) is 0.452. The molecule has 8 heteroatoms. The van der Waals surface area contributed by atoms with Gasteiger partial charge in [-0.15, -0.1) is 0 Å². The van der Waals surface area contributed by atoms with E-state index >= 15 is 0 Å². The van der Waals surface area contributed by atoms with Gasteiger partial charge in [-0.2, -0.15) is 5.26 Å². The molecule has 1 amide bonds. The zero-order valence-corrected chi connectivity index (χ0v) is 20.0. The Bertz CT molecular complexity index is 1250. The lowest BCUT2D eigenvalue weighted by Gasteiger charge is -2.22. The number of anilines is 1. The van der Waals surface area contributed by atoms with Gasteiger partial charge in [-0.1, -0.05) is 19.1 Å². The van der Waals surface area contributed by atoms with Gasteiger partial charge in [0, 0.05) is 24.3 Å². The van der Waals surface area contributed by atoms with Gasteiger partial charge in [0.1, 0.15) is 5.75 Å². The first kappa shape index (κ1) is 24.8. The number of rotatable bonds is 10. The Labute approximate surface area is 200 Å². The van der Waals surface area contributed by atoms with Crippen LogP contribution in [0.5, 0.6) is 5.75 Å². The van der Waals surface area contributed by atoms with Crippen molar-refractivity contribution < 1.29 is 17.9 Å². The van der Waals surface area contributed by atoms with Crippen LogP contribution in [0.4, 0.5) is 5.69 Å². The number of sulfonamides is 1. The number of nitrogens with one attached hydrogen (secondary N) is 1. The lowest BCUT2D eigenvalue weighted by atomic mass is 10.1. The van der Waals surface area contributed by atoms with Crippen LogP contribution >= 0.6 is 0 Å². The summed E-state index contributed by atoms with van der Waals surface area (Å²) in [6.07, 6.45) is 0.794. The van der Waals surface area contributed by atoms with Gasteiger partial charge in [0.25, 0.3) is 15.9 Å². The molecule has 0 aliphatic heterocycles. The average Bonchev–Trinajstić information content (AvgIpc) is 2.84. The molecule has 0 atom stereocenters. The van der Waals surface area contributed by atoms with Crippen molar-refractivity contribution in [2.75, 3.05) is 17.9 Å². The van der Waals surface area contributed by atoms with Crippen molar-refractivity contribution in [1.29, 1.82) is 5.26 Å². The molecule has 3 aromatic carbocycles. The normalized spacial score (nSPS) is 10.9. The van der Waals surface area contributed by atoms with E-state index in [1.807, 2.05) is 26.0 Å². The van der Waals surface area contributed by atoms with Crippen molar-refractivity contribution in [3.63, 3.8) is 0 Å². The van der Waals surface area contributed by atoms with Gasteiger partial charge in [0.15, 0.2) is 0 Å². The maximum Gasteiger partial charge on any atom is 0.261 e. The third-order valence-electron chi connectivity index (χ3n) is 5.07. The highest BCUT2D eigenvalue weighted by atomic mass is 32.2. The fourth-order valence-electron chi connectivity index (χ4n) is 3.39. The number of amides is 1. The molecule has 1 N–H and O–H groups in total. The van der Waals surface area contributed by atoms with E-state index in [4.69, 9.17) is 10.00 Å². The second-order valence-electron chi connectivity index (χ2n) is 7.62. The van der Waals surface area contributed by atoms with Gasteiger partial charge in [-0.25, -0.2) is 8.42 Å². The largest absolute Gasteiger partial charge is 0.494 e. The summed E-state index contributed by atoms with van der Waals surface area (Å²) in [5.74, 6) is 0.453. The molecule has 0 aromatic heterocycles. The molecule has 0 aliphatic rings. The molecule has 0 spiro atoms. The minimum Gasteiger partial charge on any atom is -0.494 e. The van der Waals surface area contributed by atoms with Gasteiger partial charge < -0.3 is 9.64 Å². The maximum atomic E-state index is 13.1. The summed E-state index contributed by atoms with van der Waals surface area (Å²) in [7, 11) is -3.77. The molecule has 0 heterocycles. The second kappa shape index (κ2) is 11.3. The van der Waals surface area contributed by atoms with E-state index in [1.54, 1.807) is 53.4 Å². The van der Waals surface area contributed by atoms with Gasteiger partial charge in [-0.3, -0.25) is 9.52 Å². The van der Waals surface area contributed by atoms with Crippen LogP contribution in [0.2, 0.25) is 0 Å². The van der Waals surface area contributed by atoms with Crippen LogP contribution in [-0.4, -0.2) is 32.4 Å². The molecule has 0 saturated heterocycles. The Morgan fingerprint density at radius 1 is 0.971 bits per heavy atom. The van der Waals surface area contributed by atoms with Crippen LogP contribution in [0, 0.1) is 11.3 Å². The van der Waals surface area contributed by atoms with E-state index in [1.165, 1.54) is 12.1 Å². The molecule has 176 valence electrons. The summed E-state index contributed by atoms with van der Waals surface area (Å²) in [6, 6.07) is 21.8. The first-order valence-corrected chi connectivity index (χ1v) is 12.5. The second-order valence-corrected chi connectivity index (χ2v) is 9.31. The van der Waals surface area contributed by atoms with Crippen LogP contribution < -0.4 is 9.46 Å². The minimum absolute atomic E-state index is 0.118. The van der Waals surface area contributed by atoms with E-state index in [9.17, 15) is 13.2 Å². The highest BCUT2D eigenvalue weighted by Gasteiger charge is 2.17. The summed E-state index contributed by atoms with van der Waals surface area (Å²) in [4.78, 5) is 14.9. The van der Waals surface area contributed by atoms with Crippen molar-refractivity contribution in [3.8, 4) is 11.8 Å². The Balaban J connectivity index is 1.70. The number of nitriles is 1. The third-order valence-corrected chi connectivity index (χ3v) is 6.46. The molecule has 3 aromatic rings. The van der Waals surface area contributed by atoms with Crippen LogP contribution in [0.25, 0.3) is 0 Å². The number of carbonyl (C=O) groups is 1. The van der Waals surface area contributed by atoms with Crippen molar-refractivity contribution in [2.24, 2.45) is 0 Å². The first-order chi connectivity index (χ1) is 16.4. The summed E-state index contributed by atoms with van der Waals surface area (Å²) >= 11 is 0. The van der Waals surface area contributed by atoms with Crippen LogP contribution in [0.1, 0.15) is 41.8 Å². The van der Waals surface area contributed by atoms with Crippen LogP contribution in [0.3, 0.4) is 0 Å². The third kappa shape index (κ3) is 6.36. The topological polar surface area (TPSA) is 99.5 Å². The van der Waals surface area contributed by atoms with E-state index in [0.717, 1.165) is 12.0 Å². The Morgan fingerprint density at radius 2 is 1.62 bits per heavy atom. The van der Waals surface area contributed by atoms with Gasteiger partial charge >= 0.3 is 0 Å². The monoisotopic (exact) mass is 477 g/mol. The van der Waals surface area contributed by atoms with Gasteiger partial charge in [-0.05, 0) is 79.6 Å². The standard InChI is InChI=1S/C26H27N3O4S/c1-3-17-29(19-21-7-5-20(18-27)6-8-21)26(30)22-9-11-23(12-10-22)28-34(31,32)25-15-13-24(14-16-25)33-4-2/h5-16,28H,3-4,17,19H2,1-2H3. The van der Waals surface area contributed by atoms with Crippen molar-refractivity contribution in [2.45, 2.75) is 31.7 Å². The predicted molar refractivity (Wildman–Crippen MR) is 131 cm³/mol. The van der Waals surface area contributed by atoms with E-state index < -0.39 is 10.0 Å². The van der Waals surface area contributed by atoms with Crippen LogP contribution in [0.15, 0.2) is 77.7 Å². The highest BCUT2D eigenvalue weighted by Crippen LogP contribution is 2.20. The fourth-order valence-corrected chi connectivity index (χ4v) is 4.45. The molecule has 0 aliphatic carbocycles. The number of benzene rings is 3. The number of hydrogen-bond donors (Lipinski definition) is 1. The lowest BCUT2D eigenvalue weighted by molar-refractivity contribution is 0.0743. The van der Waals surface area contributed by atoms with Crippen molar-refractivity contribution in [3.05, 3.63) is 89.5 Å². The SMILES string of the molecule is CCCN(Cc1ccc(C#N)cc1)C(=O)c1ccc(NS(=O)(=O)c2ccc(OCC)cc2)cc1. The molecule has 3 rings (SSSR count). The van der Waals surface area contributed by atoms with Crippen molar-refractivity contribution in [1.82, 2.24) is 4.90 Å². The summed E-state index contributed by atoms with van der Waals surface area (Å²) in [6.45, 7) is 5.35. The zero-order chi connectivity index (χ0) is 24.6. The summed E-state index contributed by atoms with van der Waals surface area (Å²) < 4.78 is 33.3. The number of ether oxygens (including phenoxy) is 1. The zero-order valence-electron chi connectivity index (χ0n) is 19.2. The molecule has 0 fully saturated rings. The predicted octanol–water partition coefficient (Wildman–Crippen LogP) is 4.81.